The van der Waals surface area contributed by atoms with E-state index in [0.29, 0.717) is 10.7 Å². The van der Waals surface area contributed by atoms with E-state index < -0.39 is 12.1 Å². The van der Waals surface area contributed by atoms with Crippen LogP contribution in [0.25, 0.3) is 0 Å². The minimum absolute atomic E-state index is 0.212. The summed E-state index contributed by atoms with van der Waals surface area (Å²) in [6, 6.07) is 4.84. The van der Waals surface area contributed by atoms with Crippen molar-refractivity contribution < 1.29 is 14.6 Å². The van der Waals surface area contributed by atoms with Crippen LogP contribution in [0.15, 0.2) is 18.2 Å². The number of para-hydroxylation sites is 1. The van der Waals surface area contributed by atoms with Crippen LogP contribution in [-0.2, 0) is 4.79 Å². The maximum atomic E-state index is 10.5. The Balaban J connectivity index is 2.91. The second-order valence-corrected chi connectivity index (χ2v) is 3.16. The molecule has 3 N–H and O–H groups in total. The van der Waals surface area contributed by atoms with Gasteiger partial charge in [0.05, 0.1) is 10.7 Å². The highest BCUT2D eigenvalue weighted by Crippen LogP contribution is 2.31. The van der Waals surface area contributed by atoms with Gasteiger partial charge in [-0.2, -0.15) is 0 Å². The summed E-state index contributed by atoms with van der Waals surface area (Å²) in [6.45, 7) is 1.41. The Morgan fingerprint density at radius 2 is 2.29 bits per heavy atom. The number of nitrogens with two attached hydrogens (primary N) is 1. The number of ether oxygens (including phenoxy) is 1. The second-order valence-electron chi connectivity index (χ2n) is 2.76. The molecule has 0 aliphatic heterocycles. The lowest BCUT2D eigenvalue weighted by molar-refractivity contribution is -0.144. The number of carboxylic acids is 1. The largest absolute Gasteiger partial charge is 0.479 e. The normalized spacial score (nSPS) is 12.1. The zero-order valence-corrected chi connectivity index (χ0v) is 8.28. The van der Waals surface area contributed by atoms with Crippen LogP contribution in [0.5, 0.6) is 5.75 Å². The molecular weight excluding hydrogens is 206 g/mol. The van der Waals surface area contributed by atoms with Crippen LogP contribution in [0.2, 0.25) is 5.02 Å². The fourth-order valence-electron chi connectivity index (χ4n) is 0.877. The molecule has 1 aromatic rings. The first kappa shape index (κ1) is 10.7. The molecule has 1 atom stereocenters. The summed E-state index contributed by atoms with van der Waals surface area (Å²) in [7, 11) is 0. The lowest BCUT2D eigenvalue weighted by Crippen LogP contribution is -2.23. The van der Waals surface area contributed by atoms with Gasteiger partial charge in [0.1, 0.15) is 0 Å². The van der Waals surface area contributed by atoms with E-state index in [2.05, 4.69) is 0 Å². The zero-order valence-electron chi connectivity index (χ0n) is 7.53. The molecule has 4 nitrogen and oxygen atoms in total. The van der Waals surface area contributed by atoms with Crippen LogP contribution in [0, 0.1) is 0 Å². The third-order valence-corrected chi connectivity index (χ3v) is 1.94. The molecule has 1 rings (SSSR count). The summed E-state index contributed by atoms with van der Waals surface area (Å²) in [6.07, 6.45) is -0.975. The molecule has 0 heterocycles. The quantitative estimate of drug-likeness (QED) is 0.754. The highest BCUT2D eigenvalue weighted by atomic mass is 35.5. The minimum Gasteiger partial charge on any atom is -0.479 e. The average molecular weight is 216 g/mol. The van der Waals surface area contributed by atoms with Gasteiger partial charge in [-0.15, -0.1) is 0 Å². The van der Waals surface area contributed by atoms with Crippen LogP contribution in [0.1, 0.15) is 6.92 Å². The fourth-order valence-corrected chi connectivity index (χ4v) is 1.10. The Bertz CT molecular complexity index is 334. The van der Waals surface area contributed by atoms with E-state index in [0.717, 1.165) is 0 Å². The van der Waals surface area contributed by atoms with Crippen molar-refractivity contribution in [2.75, 3.05) is 5.73 Å². The Hall–Kier alpha value is -1.42. The van der Waals surface area contributed by atoms with Crippen LogP contribution in [0.4, 0.5) is 5.69 Å². The van der Waals surface area contributed by atoms with Crippen molar-refractivity contribution >= 4 is 23.3 Å². The molecule has 0 radical (unpaired) electrons. The topological polar surface area (TPSA) is 72.5 Å². The fraction of sp³-hybridized carbons (Fsp3) is 0.222. The van der Waals surface area contributed by atoms with Gasteiger partial charge in [-0.3, -0.25) is 0 Å². The van der Waals surface area contributed by atoms with E-state index in [-0.39, 0.29) is 5.75 Å². The highest BCUT2D eigenvalue weighted by molar-refractivity contribution is 6.32. The molecule has 0 bridgehead atoms. The molecule has 0 saturated carbocycles. The van der Waals surface area contributed by atoms with Gasteiger partial charge in [0.25, 0.3) is 0 Å². The van der Waals surface area contributed by atoms with Crippen molar-refractivity contribution in [3.8, 4) is 5.75 Å². The first-order valence-electron chi connectivity index (χ1n) is 3.96. The number of benzene rings is 1. The highest BCUT2D eigenvalue weighted by Gasteiger charge is 2.15. The molecule has 5 heteroatoms. The number of hydrogen-bond acceptors (Lipinski definition) is 3. The van der Waals surface area contributed by atoms with Crippen molar-refractivity contribution in [2.24, 2.45) is 0 Å². The first-order chi connectivity index (χ1) is 6.52. The average Bonchev–Trinajstić information content (AvgIpc) is 2.11. The van der Waals surface area contributed by atoms with E-state index >= 15 is 0 Å². The summed E-state index contributed by atoms with van der Waals surface area (Å²) in [5, 5.41) is 8.92. The number of rotatable bonds is 3. The number of nitrogen functional groups attached to an aromatic ring is 1. The third-order valence-electron chi connectivity index (χ3n) is 1.64. The molecule has 76 valence electrons. The number of carbonyl (C=O) groups is 1. The Kier molecular flexibility index (Phi) is 3.19. The number of anilines is 1. The van der Waals surface area contributed by atoms with Crippen LogP contribution in [0.3, 0.4) is 0 Å². The summed E-state index contributed by atoms with van der Waals surface area (Å²) >= 11 is 5.78. The molecular formula is C9H10ClNO3. The van der Waals surface area contributed by atoms with Gasteiger partial charge in [0.15, 0.2) is 11.9 Å². The van der Waals surface area contributed by atoms with E-state index in [1.807, 2.05) is 0 Å². The zero-order chi connectivity index (χ0) is 10.7. The number of halogens is 1. The molecule has 0 fully saturated rings. The van der Waals surface area contributed by atoms with Gasteiger partial charge in [0, 0.05) is 0 Å². The summed E-state index contributed by atoms with van der Waals surface area (Å²) in [4.78, 5) is 10.5. The van der Waals surface area contributed by atoms with Crippen LogP contribution >= 0.6 is 11.6 Å². The van der Waals surface area contributed by atoms with Gasteiger partial charge in [-0.05, 0) is 19.1 Å². The smallest absolute Gasteiger partial charge is 0.344 e. The van der Waals surface area contributed by atoms with Gasteiger partial charge >= 0.3 is 5.97 Å². The molecule has 0 saturated heterocycles. The van der Waals surface area contributed by atoms with E-state index in [1.54, 1.807) is 18.2 Å². The molecule has 0 aromatic heterocycles. The molecule has 0 amide bonds. The molecule has 0 aliphatic rings. The molecule has 0 aliphatic carbocycles. The number of aliphatic carboxylic acids is 1. The van der Waals surface area contributed by atoms with E-state index in [9.17, 15) is 4.79 Å². The molecule has 0 spiro atoms. The SMILES string of the molecule is CC(Oc1c(N)cccc1Cl)C(=O)O. The van der Waals surface area contributed by atoms with Crippen molar-refractivity contribution in [1.29, 1.82) is 0 Å². The van der Waals surface area contributed by atoms with Crippen LogP contribution < -0.4 is 10.5 Å². The lowest BCUT2D eigenvalue weighted by atomic mass is 10.3. The molecule has 1 unspecified atom stereocenters. The maximum Gasteiger partial charge on any atom is 0.344 e. The molecule has 1 aromatic carbocycles. The maximum absolute atomic E-state index is 10.5. The minimum atomic E-state index is -1.07. The predicted octanol–water partition coefficient (Wildman–Crippen LogP) is 1.77. The Labute approximate surface area is 86.2 Å². The summed E-state index contributed by atoms with van der Waals surface area (Å²) < 4.78 is 5.08. The van der Waals surface area contributed by atoms with Gasteiger partial charge in [-0.1, -0.05) is 17.7 Å². The third kappa shape index (κ3) is 2.29. The van der Waals surface area contributed by atoms with Crippen LogP contribution in [-0.4, -0.2) is 17.2 Å². The number of hydrogen-bond donors (Lipinski definition) is 2. The van der Waals surface area contributed by atoms with Crippen molar-refractivity contribution in [3.05, 3.63) is 23.2 Å². The van der Waals surface area contributed by atoms with E-state index in [4.69, 9.17) is 27.2 Å². The lowest BCUT2D eigenvalue weighted by Gasteiger charge is -2.13. The summed E-state index contributed by atoms with van der Waals surface area (Å²) in [5.41, 5.74) is 5.89. The standard InChI is InChI=1S/C9H10ClNO3/c1-5(9(12)13)14-8-6(10)3-2-4-7(8)11/h2-5H,11H2,1H3,(H,12,13). The van der Waals surface area contributed by atoms with Crippen molar-refractivity contribution in [3.63, 3.8) is 0 Å². The monoisotopic (exact) mass is 215 g/mol. The van der Waals surface area contributed by atoms with Crippen molar-refractivity contribution in [2.45, 2.75) is 13.0 Å². The van der Waals surface area contributed by atoms with Gasteiger partial charge < -0.3 is 15.6 Å². The van der Waals surface area contributed by atoms with Crippen molar-refractivity contribution in [1.82, 2.24) is 0 Å². The van der Waals surface area contributed by atoms with Gasteiger partial charge in [-0.25, -0.2) is 4.79 Å². The number of carboxylic acid groups (broad SMARTS) is 1. The predicted molar refractivity (Wildman–Crippen MR) is 53.6 cm³/mol. The summed E-state index contributed by atoms with van der Waals surface area (Å²) in [5.74, 6) is -0.853. The first-order valence-corrected chi connectivity index (χ1v) is 4.33. The molecule has 14 heavy (non-hydrogen) atoms. The second kappa shape index (κ2) is 4.19. The van der Waals surface area contributed by atoms with E-state index in [1.165, 1.54) is 6.92 Å². The Morgan fingerprint density at radius 3 is 2.79 bits per heavy atom. The van der Waals surface area contributed by atoms with Gasteiger partial charge in [0.2, 0.25) is 0 Å². The Morgan fingerprint density at radius 1 is 1.64 bits per heavy atom.